The molecule has 6 heteroatoms. The summed E-state index contributed by atoms with van der Waals surface area (Å²) in [6, 6.07) is -0.382. The van der Waals surface area contributed by atoms with Crippen LogP contribution in [0.1, 0.15) is 40.5 Å². The van der Waals surface area contributed by atoms with Crippen molar-refractivity contribution in [2.45, 2.75) is 52.1 Å². The summed E-state index contributed by atoms with van der Waals surface area (Å²) in [6.07, 6.45) is 4.08. The van der Waals surface area contributed by atoms with Crippen molar-refractivity contribution >= 4 is 30.1 Å². The molecule has 3 atom stereocenters. The van der Waals surface area contributed by atoms with Crippen LogP contribution < -0.4 is 11.1 Å². The van der Waals surface area contributed by atoms with Crippen molar-refractivity contribution in [3.8, 4) is 0 Å². The number of carbonyl (C=O) groups is 1. The van der Waals surface area contributed by atoms with Gasteiger partial charge in [0, 0.05) is 25.2 Å². The van der Waals surface area contributed by atoms with Crippen molar-refractivity contribution in [2.75, 3.05) is 31.6 Å². The number of nitrogens with one attached hydrogen (secondary N) is 1. The number of nitrogens with zero attached hydrogens (tertiary/aromatic N) is 1. The summed E-state index contributed by atoms with van der Waals surface area (Å²) >= 11 is 1.73. The van der Waals surface area contributed by atoms with Crippen LogP contribution in [0.2, 0.25) is 0 Å². The summed E-state index contributed by atoms with van der Waals surface area (Å²) in [6.45, 7) is 12.0. The molecule has 1 fully saturated rings. The Bertz CT molecular complexity index is 331. The van der Waals surface area contributed by atoms with Gasteiger partial charge in [-0.25, -0.2) is 0 Å². The van der Waals surface area contributed by atoms with Crippen LogP contribution in [-0.2, 0) is 4.79 Å². The summed E-state index contributed by atoms with van der Waals surface area (Å²) in [5.74, 6) is 2.37. The van der Waals surface area contributed by atoms with Crippen molar-refractivity contribution in [1.29, 1.82) is 0 Å². The Morgan fingerprint density at radius 3 is 2.41 bits per heavy atom. The topological polar surface area (TPSA) is 58.4 Å². The third-order valence-corrected chi connectivity index (χ3v) is 5.03. The fourth-order valence-electron chi connectivity index (χ4n) is 3.08. The van der Waals surface area contributed by atoms with Crippen molar-refractivity contribution in [2.24, 2.45) is 17.6 Å². The summed E-state index contributed by atoms with van der Waals surface area (Å²) in [5, 5.41) is 3.04. The first-order chi connectivity index (χ1) is 9.76. The fraction of sp³-hybridized carbons (Fsp3) is 0.938. The molecule has 0 aromatic heterocycles. The number of piperidine rings is 1. The van der Waals surface area contributed by atoms with Gasteiger partial charge in [-0.3, -0.25) is 9.69 Å². The molecule has 22 heavy (non-hydrogen) atoms. The van der Waals surface area contributed by atoms with E-state index in [1.54, 1.807) is 11.8 Å². The van der Waals surface area contributed by atoms with Crippen LogP contribution in [-0.4, -0.2) is 54.0 Å². The zero-order chi connectivity index (χ0) is 16.0. The lowest BCUT2D eigenvalue weighted by Gasteiger charge is -2.45. The van der Waals surface area contributed by atoms with E-state index in [1.165, 1.54) is 6.42 Å². The third-order valence-electron chi connectivity index (χ3n) is 4.39. The Hall–Kier alpha value is 0.0300. The van der Waals surface area contributed by atoms with Crippen LogP contribution in [0.5, 0.6) is 0 Å². The second-order valence-corrected chi connectivity index (χ2v) is 8.25. The van der Waals surface area contributed by atoms with Crippen molar-refractivity contribution in [1.82, 2.24) is 10.2 Å². The van der Waals surface area contributed by atoms with Crippen molar-refractivity contribution in [3.63, 3.8) is 0 Å². The van der Waals surface area contributed by atoms with Gasteiger partial charge in [-0.05, 0) is 50.5 Å². The standard InChI is InChI=1S/C16H33N3OS.ClH/c1-12-8-13(2)10-19(9-12)16(3,4)11-18-15(20)14(17)6-7-21-5;/h12-14H,6-11,17H2,1-5H3,(H,18,20);1H/t12?,13?,14-;/m0./s1. The Balaban J connectivity index is 0.00000441. The maximum absolute atomic E-state index is 12.0. The summed E-state index contributed by atoms with van der Waals surface area (Å²) in [5.41, 5.74) is 5.90. The average Bonchev–Trinajstić information content (AvgIpc) is 2.41. The molecule has 1 heterocycles. The highest BCUT2D eigenvalue weighted by atomic mass is 35.5. The van der Waals surface area contributed by atoms with Crippen LogP contribution in [0.3, 0.4) is 0 Å². The molecule has 3 N–H and O–H groups in total. The molecule has 1 aliphatic heterocycles. The van der Waals surface area contributed by atoms with Crippen LogP contribution >= 0.6 is 24.2 Å². The van der Waals surface area contributed by atoms with Crippen molar-refractivity contribution in [3.05, 3.63) is 0 Å². The molecule has 0 spiro atoms. The first-order valence-electron chi connectivity index (χ1n) is 8.03. The molecule has 0 aromatic rings. The third kappa shape index (κ3) is 7.07. The monoisotopic (exact) mass is 351 g/mol. The van der Waals surface area contributed by atoms with Gasteiger partial charge in [0.2, 0.25) is 5.91 Å². The molecular weight excluding hydrogens is 318 g/mol. The lowest BCUT2D eigenvalue weighted by Crippen LogP contribution is -2.57. The van der Waals surface area contributed by atoms with Gasteiger partial charge >= 0.3 is 0 Å². The van der Waals surface area contributed by atoms with E-state index in [4.69, 9.17) is 5.73 Å². The highest BCUT2D eigenvalue weighted by molar-refractivity contribution is 7.98. The fourth-order valence-corrected chi connectivity index (χ4v) is 3.57. The average molecular weight is 352 g/mol. The molecule has 0 aromatic carbocycles. The quantitative estimate of drug-likeness (QED) is 0.739. The lowest BCUT2D eigenvalue weighted by atomic mass is 9.88. The maximum atomic E-state index is 12.0. The number of hydrogen-bond donors (Lipinski definition) is 2. The van der Waals surface area contributed by atoms with Crippen LogP contribution in [0.15, 0.2) is 0 Å². The van der Waals surface area contributed by atoms with Crippen molar-refractivity contribution < 1.29 is 4.79 Å². The second-order valence-electron chi connectivity index (χ2n) is 7.27. The van der Waals surface area contributed by atoms with Gasteiger partial charge in [0.25, 0.3) is 0 Å². The number of hydrogen-bond acceptors (Lipinski definition) is 4. The minimum atomic E-state index is -0.382. The molecule has 132 valence electrons. The summed E-state index contributed by atoms with van der Waals surface area (Å²) in [7, 11) is 0. The largest absolute Gasteiger partial charge is 0.353 e. The molecule has 4 nitrogen and oxygen atoms in total. The van der Waals surface area contributed by atoms with E-state index in [2.05, 4.69) is 37.9 Å². The molecule has 1 aliphatic rings. The van der Waals surface area contributed by atoms with Gasteiger partial charge in [0.05, 0.1) is 6.04 Å². The number of halogens is 1. The summed E-state index contributed by atoms with van der Waals surface area (Å²) in [4.78, 5) is 14.6. The zero-order valence-corrected chi connectivity index (χ0v) is 16.4. The first kappa shape index (κ1) is 22.0. The predicted octanol–water partition coefficient (Wildman–Crippen LogP) is 2.36. The Morgan fingerprint density at radius 1 is 1.36 bits per heavy atom. The highest BCUT2D eigenvalue weighted by Crippen LogP contribution is 2.26. The van der Waals surface area contributed by atoms with E-state index >= 15 is 0 Å². The van der Waals surface area contributed by atoms with Gasteiger partial charge < -0.3 is 11.1 Å². The van der Waals surface area contributed by atoms with E-state index in [0.29, 0.717) is 6.54 Å². The Morgan fingerprint density at radius 2 is 1.91 bits per heavy atom. The van der Waals surface area contributed by atoms with Gasteiger partial charge in [0.15, 0.2) is 0 Å². The number of likely N-dealkylation sites (tertiary alicyclic amines) is 1. The number of nitrogens with two attached hydrogens (primary N) is 1. The van der Waals surface area contributed by atoms with Crippen LogP contribution in [0.4, 0.5) is 0 Å². The van der Waals surface area contributed by atoms with E-state index < -0.39 is 0 Å². The first-order valence-corrected chi connectivity index (χ1v) is 9.43. The number of rotatable bonds is 7. The minimum Gasteiger partial charge on any atom is -0.353 e. The highest BCUT2D eigenvalue weighted by Gasteiger charge is 2.33. The zero-order valence-electron chi connectivity index (χ0n) is 14.7. The Kier molecular flexibility index (Phi) is 10.0. The Labute approximate surface area is 146 Å². The van der Waals surface area contributed by atoms with E-state index in [0.717, 1.165) is 37.1 Å². The van der Waals surface area contributed by atoms with E-state index in [9.17, 15) is 4.79 Å². The van der Waals surface area contributed by atoms with Gasteiger partial charge in [-0.1, -0.05) is 13.8 Å². The van der Waals surface area contributed by atoms with Gasteiger partial charge in [-0.2, -0.15) is 11.8 Å². The van der Waals surface area contributed by atoms with Gasteiger partial charge in [-0.15, -0.1) is 12.4 Å². The molecule has 0 radical (unpaired) electrons. The molecule has 1 rings (SSSR count). The van der Waals surface area contributed by atoms with E-state index in [-0.39, 0.29) is 29.9 Å². The summed E-state index contributed by atoms with van der Waals surface area (Å²) < 4.78 is 0. The van der Waals surface area contributed by atoms with Crippen LogP contribution in [0, 0.1) is 11.8 Å². The van der Waals surface area contributed by atoms with Gasteiger partial charge in [0.1, 0.15) is 0 Å². The number of amides is 1. The molecule has 1 saturated heterocycles. The lowest BCUT2D eigenvalue weighted by molar-refractivity contribution is -0.123. The molecule has 0 aliphatic carbocycles. The smallest absolute Gasteiger partial charge is 0.237 e. The maximum Gasteiger partial charge on any atom is 0.237 e. The molecular formula is C16H34ClN3OS. The molecule has 0 bridgehead atoms. The number of carbonyl (C=O) groups excluding carboxylic acids is 1. The minimum absolute atomic E-state index is 0. The predicted molar refractivity (Wildman–Crippen MR) is 99.8 cm³/mol. The number of thioether (sulfide) groups is 1. The van der Waals surface area contributed by atoms with Crippen LogP contribution in [0.25, 0.3) is 0 Å². The molecule has 2 unspecified atom stereocenters. The second kappa shape index (κ2) is 10.0. The van der Waals surface area contributed by atoms with E-state index in [1.807, 2.05) is 6.26 Å². The molecule has 1 amide bonds. The normalized spacial score (nSPS) is 24.5. The SMILES string of the molecule is CSCC[C@H](N)C(=O)NCC(C)(C)N1CC(C)CC(C)C1.Cl. The molecule has 0 saturated carbocycles.